The molecule has 0 radical (unpaired) electrons. The number of amides is 3. The number of aryl methyl sites for hydroxylation is 1. The molecule has 1 saturated heterocycles. The molecule has 0 spiro atoms. The highest BCUT2D eigenvalue weighted by molar-refractivity contribution is 7.09. The zero-order valence-electron chi connectivity index (χ0n) is 13.5. The third kappa shape index (κ3) is 4.11. The van der Waals surface area contributed by atoms with Crippen molar-refractivity contribution in [3.63, 3.8) is 0 Å². The molecule has 1 aliphatic rings. The van der Waals surface area contributed by atoms with Crippen molar-refractivity contribution < 1.29 is 9.59 Å². The van der Waals surface area contributed by atoms with Gasteiger partial charge >= 0.3 is 6.03 Å². The van der Waals surface area contributed by atoms with Crippen molar-refractivity contribution in [2.24, 2.45) is 0 Å². The summed E-state index contributed by atoms with van der Waals surface area (Å²) in [6.45, 7) is 3.53. The first-order valence-corrected chi connectivity index (χ1v) is 8.82. The predicted molar refractivity (Wildman–Crippen MR) is 94.0 cm³/mol. The van der Waals surface area contributed by atoms with Gasteiger partial charge in [0.2, 0.25) is 5.91 Å². The van der Waals surface area contributed by atoms with Crippen LogP contribution in [0.25, 0.3) is 0 Å². The lowest BCUT2D eigenvalue weighted by Crippen LogP contribution is -2.34. The van der Waals surface area contributed by atoms with Gasteiger partial charge in [0, 0.05) is 30.6 Å². The topological polar surface area (TPSA) is 74.3 Å². The van der Waals surface area contributed by atoms with E-state index in [1.165, 1.54) is 0 Å². The Kier molecular flexibility index (Phi) is 5.10. The largest absolute Gasteiger partial charge is 0.334 e. The van der Waals surface area contributed by atoms with Crippen LogP contribution in [-0.2, 0) is 17.9 Å². The Balaban J connectivity index is 1.50. The summed E-state index contributed by atoms with van der Waals surface area (Å²) in [5.74, 6) is 0.163. The molecule has 0 atom stereocenters. The molecule has 2 N–H and O–H groups in total. The first kappa shape index (κ1) is 16.4. The van der Waals surface area contributed by atoms with Crippen LogP contribution in [0.4, 0.5) is 10.5 Å². The smallest absolute Gasteiger partial charge is 0.315 e. The summed E-state index contributed by atoms with van der Waals surface area (Å²) in [4.78, 5) is 29.8. The number of anilines is 1. The zero-order valence-corrected chi connectivity index (χ0v) is 14.4. The quantitative estimate of drug-likeness (QED) is 0.875. The molecule has 0 unspecified atom stereocenters. The Morgan fingerprint density at radius 1 is 1.33 bits per heavy atom. The van der Waals surface area contributed by atoms with Crippen LogP contribution in [0.1, 0.15) is 29.1 Å². The fourth-order valence-corrected chi connectivity index (χ4v) is 3.27. The number of hydrogen-bond donors (Lipinski definition) is 2. The summed E-state index contributed by atoms with van der Waals surface area (Å²) >= 11 is 1.57. The Labute approximate surface area is 144 Å². The van der Waals surface area contributed by atoms with Crippen LogP contribution in [0.2, 0.25) is 0 Å². The number of rotatable bonds is 5. The van der Waals surface area contributed by atoms with Gasteiger partial charge in [-0.25, -0.2) is 9.78 Å². The molecule has 2 heterocycles. The molecule has 126 valence electrons. The van der Waals surface area contributed by atoms with Gasteiger partial charge < -0.3 is 15.5 Å². The highest BCUT2D eigenvalue weighted by atomic mass is 32.1. The monoisotopic (exact) mass is 344 g/mol. The zero-order chi connectivity index (χ0) is 16.9. The van der Waals surface area contributed by atoms with Gasteiger partial charge in [0.25, 0.3) is 0 Å². The van der Waals surface area contributed by atoms with Crippen molar-refractivity contribution in [1.29, 1.82) is 0 Å². The first-order valence-electron chi connectivity index (χ1n) is 7.94. The number of carbonyl (C=O) groups is 2. The number of urea groups is 1. The number of hydrogen-bond acceptors (Lipinski definition) is 4. The first-order chi connectivity index (χ1) is 11.6. The van der Waals surface area contributed by atoms with Crippen molar-refractivity contribution in [1.82, 2.24) is 15.6 Å². The van der Waals surface area contributed by atoms with Gasteiger partial charge in [0.1, 0.15) is 0 Å². The summed E-state index contributed by atoms with van der Waals surface area (Å²) in [5, 5.41) is 8.54. The molecule has 1 aromatic heterocycles. The lowest BCUT2D eigenvalue weighted by Gasteiger charge is -2.16. The molecule has 1 fully saturated rings. The standard InChI is InChI=1S/C17H20N4O2S/c1-12-20-14(11-24-12)10-19-17(23)18-9-13-4-2-5-15(8-13)21-7-3-6-16(21)22/h2,4-5,8,11H,3,6-7,9-10H2,1H3,(H2,18,19,23). The van der Waals surface area contributed by atoms with Crippen LogP contribution < -0.4 is 15.5 Å². The number of carbonyl (C=O) groups excluding carboxylic acids is 2. The minimum Gasteiger partial charge on any atom is -0.334 e. The van der Waals surface area contributed by atoms with Crippen LogP contribution in [0.3, 0.4) is 0 Å². The van der Waals surface area contributed by atoms with E-state index < -0.39 is 0 Å². The Bertz CT molecular complexity index is 744. The van der Waals surface area contributed by atoms with Gasteiger partial charge in [-0.1, -0.05) is 12.1 Å². The van der Waals surface area contributed by atoms with Crippen molar-refractivity contribution in [2.75, 3.05) is 11.4 Å². The van der Waals surface area contributed by atoms with E-state index in [4.69, 9.17) is 0 Å². The van der Waals surface area contributed by atoms with Crippen molar-refractivity contribution in [3.8, 4) is 0 Å². The van der Waals surface area contributed by atoms with E-state index in [1.54, 1.807) is 16.2 Å². The van der Waals surface area contributed by atoms with E-state index in [0.29, 0.717) is 19.5 Å². The molecular formula is C17H20N4O2S. The Morgan fingerprint density at radius 3 is 2.88 bits per heavy atom. The number of nitrogens with zero attached hydrogens (tertiary/aromatic N) is 2. The van der Waals surface area contributed by atoms with Crippen LogP contribution >= 0.6 is 11.3 Å². The van der Waals surface area contributed by atoms with Gasteiger partial charge in [-0.2, -0.15) is 0 Å². The molecule has 24 heavy (non-hydrogen) atoms. The second-order valence-corrected chi connectivity index (χ2v) is 6.78. The molecule has 7 heteroatoms. The number of aromatic nitrogens is 1. The molecule has 3 rings (SSSR count). The van der Waals surface area contributed by atoms with Gasteiger partial charge in [-0.15, -0.1) is 11.3 Å². The maximum Gasteiger partial charge on any atom is 0.315 e. The second-order valence-electron chi connectivity index (χ2n) is 5.71. The second kappa shape index (κ2) is 7.44. The number of benzene rings is 1. The average Bonchev–Trinajstić information content (AvgIpc) is 3.19. The van der Waals surface area contributed by atoms with Crippen molar-refractivity contribution in [3.05, 3.63) is 45.9 Å². The minimum absolute atomic E-state index is 0.163. The average molecular weight is 344 g/mol. The van der Waals surface area contributed by atoms with Crippen LogP contribution in [-0.4, -0.2) is 23.5 Å². The third-order valence-corrected chi connectivity index (χ3v) is 4.67. The molecular weight excluding hydrogens is 324 g/mol. The normalized spacial score (nSPS) is 14.0. The molecule has 0 bridgehead atoms. The maximum absolute atomic E-state index is 11.9. The summed E-state index contributed by atoms with van der Waals surface area (Å²) in [6.07, 6.45) is 1.51. The Morgan fingerprint density at radius 2 is 2.17 bits per heavy atom. The highest BCUT2D eigenvalue weighted by Crippen LogP contribution is 2.22. The molecule has 0 saturated carbocycles. The fraction of sp³-hybridized carbons (Fsp3) is 0.353. The van der Waals surface area contributed by atoms with E-state index in [9.17, 15) is 9.59 Å². The summed E-state index contributed by atoms with van der Waals surface area (Å²) in [6, 6.07) is 7.50. The Hall–Kier alpha value is -2.41. The van der Waals surface area contributed by atoms with Gasteiger partial charge in [-0.05, 0) is 31.0 Å². The van der Waals surface area contributed by atoms with E-state index in [0.717, 1.165) is 34.9 Å². The molecule has 1 aromatic carbocycles. The number of nitrogens with one attached hydrogen (secondary N) is 2. The van der Waals surface area contributed by atoms with E-state index in [1.807, 2.05) is 36.6 Å². The summed E-state index contributed by atoms with van der Waals surface area (Å²) in [5.41, 5.74) is 2.73. The van der Waals surface area contributed by atoms with Crippen LogP contribution in [0.5, 0.6) is 0 Å². The lowest BCUT2D eigenvalue weighted by molar-refractivity contribution is -0.117. The molecule has 1 aliphatic heterocycles. The van der Waals surface area contributed by atoms with E-state index in [-0.39, 0.29) is 11.9 Å². The van der Waals surface area contributed by atoms with Crippen molar-refractivity contribution >= 4 is 29.0 Å². The fourth-order valence-electron chi connectivity index (χ4n) is 2.66. The SMILES string of the molecule is Cc1nc(CNC(=O)NCc2cccc(N3CCCC3=O)c2)cs1. The number of thiazole rings is 1. The van der Waals surface area contributed by atoms with Gasteiger partial charge in [0.05, 0.1) is 17.2 Å². The van der Waals surface area contributed by atoms with E-state index >= 15 is 0 Å². The third-order valence-electron chi connectivity index (χ3n) is 3.85. The van der Waals surface area contributed by atoms with Crippen LogP contribution in [0.15, 0.2) is 29.6 Å². The highest BCUT2D eigenvalue weighted by Gasteiger charge is 2.21. The summed E-state index contributed by atoms with van der Waals surface area (Å²) < 4.78 is 0. The molecule has 6 nitrogen and oxygen atoms in total. The molecule has 3 amide bonds. The van der Waals surface area contributed by atoms with E-state index in [2.05, 4.69) is 15.6 Å². The minimum atomic E-state index is -0.233. The van der Waals surface area contributed by atoms with Crippen LogP contribution in [0, 0.1) is 6.92 Å². The lowest BCUT2D eigenvalue weighted by atomic mass is 10.2. The summed E-state index contributed by atoms with van der Waals surface area (Å²) in [7, 11) is 0. The van der Waals surface area contributed by atoms with Crippen molar-refractivity contribution in [2.45, 2.75) is 32.9 Å². The maximum atomic E-state index is 11.9. The van der Waals surface area contributed by atoms with Gasteiger partial charge in [-0.3, -0.25) is 4.79 Å². The molecule has 2 aromatic rings. The van der Waals surface area contributed by atoms with Gasteiger partial charge in [0.15, 0.2) is 0 Å². The molecule has 0 aliphatic carbocycles. The predicted octanol–water partition coefficient (Wildman–Crippen LogP) is 2.58.